The molecule has 2 aromatic carbocycles. The molecule has 0 spiro atoms. The van der Waals surface area contributed by atoms with E-state index in [1.165, 1.54) is 0 Å². The van der Waals surface area contributed by atoms with Crippen molar-refractivity contribution >= 4 is 63.1 Å². The molecule has 0 fully saturated rings. The zero-order valence-corrected chi connectivity index (χ0v) is 14.8. The monoisotopic (exact) mass is 430 g/mol. The summed E-state index contributed by atoms with van der Waals surface area (Å²) in [4.78, 5) is 12.0. The molecule has 0 heterocycles. The number of amides is 1. The van der Waals surface area contributed by atoms with Crippen LogP contribution in [0.2, 0.25) is 5.02 Å². The van der Waals surface area contributed by atoms with E-state index in [-0.39, 0.29) is 11.0 Å². The lowest BCUT2D eigenvalue weighted by Gasteiger charge is -2.12. The number of thiocarbonyl (C=S) groups is 1. The number of nitrogens with one attached hydrogen (secondary N) is 2. The van der Waals surface area contributed by atoms with Crippen molar-refractivity contribution in [3.8, 4) is 0 Å². The van der Waals surface area contributed by atoms with Crippen molar-refractivity contribution in [2.24, 2.45) is 0 Å². The van der Waals surface area contributed by atoms with Crippen LogP contribution in [-0.2, 0) is 0 Å². The summed E-state index contributed by atoms with van der Waals surface area (Å²) < 4.78 is 1.07. The highest BCUT2D eigenvalue weighted by Crippen LogP contribution is 2.22. The van der Waals surface area contributed by atoms with E-state index in [9.17, 15) is 4.79 Å². The number of carbonyl (C=O) groups excluding carboxylic acids is 1. The van der Waals surface area contributed by atoms with E-state index >= 15 is 0 Å². The fraction of sp³-hybridized carbons (Fsp3) is 0.0667. The molecule has 2 rings (SSSR count). The first kappa shape index (κ1) is 16.2. The van der Waals surface area contributed by atoms with Crippen LogP contribution in [0.5, 0.6) is 0 Å². The number of halogens is 2. The summed E-state index contributed by atoms with van der Waals surface area (Å²) in [6.07, 6.45) is 0. The lowest BCUT2D eigenvalue weighted by molar-refractivity contribution is 0.0977. The van der Waals surface area contributed by atoms with Gasteiger partial charge in [0.1, 0.15) is 0 Å². The Balaban J connectivity index is 2.03. The number of rotatable bonds is 2. The Hall–Kier alpha value is -1.18. The molecule has 108 valence electrons. The Bertz CT molecular complexity index is 689. The van der Waals surface area contributed by atoms with Gasteiger partial charge in [0.25, 0.3) is 5.91 Å². The highest BCUT2D eigenvalue weighted by atomic mass is 127. The molecule has 0 saturated heterocycles. The fourth-order valence-electron chi connectivity index (χ4n) is 1.67. The molecule has 21 heavy (non-hydrogen) atoms. The molecule has 0 aliphatic heterocycles. The quantitative estimate of drug-likeness (QED) is 0.549. The van der Waals surface area contributed by atoms with Crippen LogP contribution in [0.25, 0.3) is 0 Å². The van der Waals surface area contributed by atoms with Crippen molar-refractivity contribution in [3.63, 3.8) is 0 Å². The Morgan fingerprint density at radius 2 is 1.86 bits per heavy atom. The van der Waals surface area contributed by atoms with Crippen LogP contribution >= 0.6 is 46.4 Å². The molecule has 6 heteroatoms. The molecular formula is C15H12ClIN2OS. The predicted octanol–water partition coefficient (Wildman–Crippen LogP) is 4.38. The van der Waals surface area contributed by atoms with Crippen molar-refractivity contribution in [1.82, 2.24) is 5.32 Å². The Morgan fingerprint density at radius 3 is 2.52 bits per heavy atom. The van der Waals surface area contributed by atoms with Crippen molar-refractivity contribution in [3.05, 3.63) is 62.2 Å². The second-order valence-electron chi connectivity index (χ2n) is 4.33. The lowest BCUT2D eigenvalue weighted by atomic mass is 10.2. The first-order valence-electron chi connectivity index (χ1n) is 6.10. The van der Waals surface area contributed by atoms with Crippen molar-refractivity contribution in [2.75, 3.05) is 5.32 Å². The van der Waals surface area contributed by atoms with E-state index in [0.717, 1.165) is 14.8 Å². The van der Waals surface area contributed by atoms with Gasteiger partial charge in [-0.1, -0.05) is 17.7 Å². The van der Waals surface area contributed by atoms with Crippen LogP contribution < -0.4 is 10.6 Å². The summed E-state index contributed by atoms with van der Waals surface area (Å²) in [7, 11) is 0. The third-order valence-corrected chi connectivity index (χ3v) is 4.18. The predicted molar refractivity (Wildman–Crippen MR) is 99.0 cm³/mol. The summed E-state index contributed by atoms with van der Waals surface area (Å²) in [6, 6.07) is 12.7. The van der Waals surface area contributed by atoms with Gasteiger partial charge in [0.15, 0.2) is 5.11 Å². The fourth-order valence-corrected chi connectivity index (χ4v) is 2.41. The maximum absolute atomic E-state index is 12.0. The van der Waals surface area contributed by atoms with Gasteiger partial charge in [-0.3, -0.25) is 10.1 Å². The zero-order valence-electron chi connectivity index (χ0n) is 11.1. The van der Waals surface area contributed by atoms with E-state index in [1.54, 1.807) is 18.2 Å². The summed E-state index contributed by atoms with van der Waals surface area (Å²) in [5.74, 6) is -0.247. The topological polar surface area (TPSA) is 41.1 Å². The first-order valence-corrected chi connectivity index (χ1v) is 7.97. The van der Waals surface area contributed by atoms with Crippen LogP contribution in [0.15, 0.2) is 42.5 Å². The summed E-state index contributed by atoms with van der Waals surface area (Å²) in [6.45, 7) is 1.88. The second kappa shape index (κ2) is 7.20. The molecule has 0 aliphatic carbocycles. The largest absolute Gasteiger partial charge is 0.332 e. The molecule has 0 bridgehead atoms. The molecule has 2 aromatic rings. The number of hydrogen-bond donors (Lipinski definition) is 2. The molecule has 0 saturated carbocycles. The van der Waals surface area contributed by atoms with E-state index in [2.05, 4.69) is 33.2 Å². The minimum Gasteiger partial charge on any atom is -0.332 e. The average molecular weight is 431 g/mol. The van der Waals surface area contributed by atoms with Gasteiger partial charge >= 0.3 is 0 Å². The normalized spacial score (nSPS) is 10.0. The maximum atomic E-state index is 12.0. The number of anilines is 1. The van der Waals surface area contributed by atoms with Crippen LogP contribution in [0.1, 0.15) is 15.9 Å². The third kappa shape index (κ3) is 4.39. The Morgan fingerprint density at radius 1 is 1.19 bits per heavy atom. The molecule has 0 unspecified atom stereocenters. The Labute approximate surface area is 147 Å². The Kier molecular flexibility index (Phi) is 5.55. The van der Waals surface area contributed by atoms with E-state index in [0.29, 0.717) is 10.6 Å². The van der Waals surface area contributed by atoms with Gasteiger partial charge in [0.05, 0.1) is 0 Å². The van der Waals surface area contributed by atoms with E-state index in [1.807, 2.05) is 31.2 Å². The summed E-state index contributed by atoms with van der Waals surface area (Å²) >= 11 is 13.4. The summed E-state index contributed by atoms with van der Waals surface area (Å²) in [5, 5.41) is 6.51. The SMILES string of the molecule is Cc1c(Cl)cccc1NC(=S)NC(=O)c1ccc(I)cc1. The number of benzene rings is 2. The molecule has 0 aliphatic rings. The van der Waals surface area contributed by atoms with Gasteiger partial charge in [-0.05, 0) is 83.7 Å². The molecule has 0 aromatic heterocycles. The third-order valence-electron chi connectivity index (χ3n) is 2.85. The van der Waals surface area contributed by atoms with E-state index in [4.69, 9.17) is 23.8 Å². The minimum atomic E-state index is -0.247. The van der Waals surface area contributed by atoms with Gasteiger partial charge in [0.2, 0.25) is 0 Å². The summed E-state index contributed by atoms with van der Waals surface area (Å²) in [5.41, 5.74) is 2.21. The zero-order chi connectivity index (χ0) is 15.4. The van der Waals surface area contributed by atoms with Gasteiger partial charge < -0.3 is 5.32 Å². The average Bonchev–Trinajstić information content (AvgIpc) is 2.44. The molecule has 1 amide bonds. The van der Waals surface area contributed by atoms with Gasteiger partial charge in [-0.2, -0.15) is 0 Å². The van der Waals surface area contributed by atoms with E-state index < -0.39 is 0 Å². The first-order chi connectivity index (χ1) is 9.97. The van der Waals surface area contributed by atoms with Crippen molar-refractivity contribution in [2.45, 2.75) is 6.92 Å². The molecule has 3 nitrogen and oxygen atoms in total. The van der Waals surface area contributed by atoms with Crippen LogP contribution in [0.4, 0.5) is 5.69 Å². The van der Waals surface area contributed by atoms with Crippen LogP contribution in [-0.4, -0.2) is 11.0 Å². The smallest absolute Gasteiger partial charge is 0.257 e. The van der Waals surface area contributed by atoms with Crippen molar-refractivity contribution in [1.29, 1.82) is 0 Å². The van der Waals surface area contributed by atoms with Gasteiger partial charge in [-0.25, -0.2) is 0 Å². The van der Waals surface area contributed by atoms with Crippen LogP contribution in [0.3, 0.4) is 0 Å². The molecule has 0 radical (unpaired) electrons. The second-order valence-corrected chi connectivity index (χ2v) is 6.39. The van der Waals surface area contributed by atoms with Crippen molar-refractivity contribution < 1.29 is 4.79 Å². The molecule has 2 N–H and O–H groups in total. The van der Waals surface area contributed by atoms with Gasteiger partial charge in [-0.15, -0.1) is 0 Å². The van der Waals surface area contributed by atoms with Gasteiger partial charge in [0, 0.05) is 19.8 Å². The maximum Gasteiger partial charge on any atom is 0.257 e. The highest BCUT2D eigenvalue weighted by Gasteiger charge is 2.09. The van der Waals surface area contributed by atoms with Crippen LogP contribution in [0, 0.1) is 10.5 Å². The highest BCUT2D eigenvalue weighted by molar-refractivity contribution is 14.1. The lowest BCUT2D eigenvalue weighted by Crippen LogP contribution is -2.34. The number of carbonyl (C=O) groups is 1. The standard InChI is InChI=1S/C15H12ClIN2OS/c1-9-12(16)3-2-4-13(9)18-15(21)19-14(20)10-5-7-11(17)8-6-10/h2-8H,1H3,(H2,18,19,20,21). The molecular weight excluding hydrogens is 419 g/mol. The number of hydrogen-bond acceptors (Lipinski definition) is 2. The molecule has 0 atom stereocenters. The minimum absolute atomic E-state index is 0.240.